The number of rotatable bonds is 3. The minimum Gasteiger partial charge on any atom is -0.493 e. The highest BCUT2D eigenvalue weighted by Crippen LogP contribution is 2.38. The maximum Gasteiger partial charge on any atom is 0.128 e. The molecule has 0 saturated carbocycles. The van der Waals surface area contributed by atoms with Gasteiger partial charge in [-0.15, -0.1) is 0 Å². The van der Waals surface area contributed by atoms with Gasteiger partial charge in [0.2, 0.25) is 0 Å². The molecule has 1 heterocycles. The Bertz CT molecular complexity index is 620. The van der Waals surface area contributed by atoms with E-state index < -0.39 is 6.10 Å². The van der Waals surface area contributed by atoms with Crippen LogP contribution in [0.3, 0.4) is 0 Å². The van der Waals surface area contributed by atoms with E-state index in [0.29, 0.717) is 11.6 Å². The van der Waals surface area contributed by atoms with Gasteiger partial charge in [-0.2, -0.15) is 0 Å². The summed E-state index contributed by atoms with van der Waals surface area (Å²) in [4.78, 5) is 0. The highest BCUT2D eigenvalue weighted by atomic mass is 35.5. The average Bonchev–Trinajstić information content (AvgIpc) is 2.94. The van der Waals surface area contributed by atoms with Crippen LogP contribution in [-0.2, 0) is 12.8 Å². The van der Waals surface area contributed by atoms with Gasteiger partial charge in [0, 0.05) is 17.0 Å². The van der Waals surface area contributed by atoms with E-state index in [9.17, 15) is 5.11 Å². The molecule has 1 aliphatic rings. The molecule has 1 aliphatic heterocycles. The number of aliphatic hydroxyl groups excluding tert-OH is 1. The Morgan fingerprint density at radius 3 is 2.70 bits per heavy atom. The van der Waals surface area contributed by atoms with Gasteiger partial charge in [-0.3, -0.25) is 0 Å². The summed E-state index contributed by atoms with van der Waals surface area (Å²) < 4.78 is 5.65. The number of fused-ring (bicyclic) bond motifs is 1. The smallest absolute Gasteiger partial charge is 0.128 e. The summed E-state index contributed by atoms with van der Waals surface area (Å²) in [5, 5.41) is 11.3. The van der Waals surface area contributed by atoms with Crippen LogP contribution < -0.4 is 4.74 Å². The van der Waals surface area contributed by atoms with Crippen molar-refractivity contribution in [2.75, 3.05) is 6.61 Å². The zero-order valence-corrected chi connectivity index (χ0v) is 12.2. The van der Waals surface area contributed by atoms with Gasteiger partial charge in [0.1, 0.15) is 11.9 Å². The van der Waals surface area contributed by atoms with Crippen molar-refractivity contribution < 1.29 is 9.84 Å². The second kappa shape index (κ2) is 5.47. The Morgan fingerprint density at radius 1 is 1.25 bits per heavy atom. The Kier molecular flexibility index (Phi) is 3.68. The molecular formula is C17H17ClO2. The van der Waals surface area contributed by atoms with Crippen LogP contribution in [0.25, 0.3) is 0 Å². The Morgan fingerprint density at radius 2 is 2.00 bits per heavy atom. The van der Waals surface area contributed by atoms with Crippen LogP contribution in [0.2, 0.25) is 5.02 Å². The Balaban J connectivity index is 1.99. The van der Waals surface area contributed by atoms with Crippen molar-refractivity contribution in [3.63, 3.8) is 0 Å². The molecule has 0 radical (unpaired) electrons. The van der Waals surface area contributed by atoms with E-state index in [4.69, 9.17) is 16.3 Å². The molecule has 1 unspecified atom stereocenters. The minimum absolute atomic E-state index is 0.647. The second-order valence-electron chi connectivity index (χ2n) is 5.08. The number of ether oxygens (including phenoxy) is 1. The molecule has 3 heteroatoms. The summed E-state index contributed by atoms with van der Waals surface area (Å²) in [5.41, 5.74) is 3.96. The van der Waals surface area contributed by atoms with E-state index in [1.54, 1.807) is 6.07 Å². The number of hydrogen-bond acceptors (Lipinski definition) is 2. The molecule has 104 valence electrons. The topological polar surface area (TPSA) is 29.5 Å². The van der Waals surface area contributed by atoms with E-state index >= 15 is 0 Å². The molecule has 0 bridgehead atoms. The lowest BCUT2D eigenvalue weighted by molar-refractivity contribution is 0.213. The van der Waals surface area contributed by atoms with Crippen LogP contribution in [-0.4, -0.2) is 11.7 Å². The summed E-state index contributed by atoms with van der Waals surface area (Å²) >= 11 is 6.14. The third-order valence-electron chi connectivity index (χ3n) is 3.78. The first-order valence-electron chi connectivity index (χ1n) is 6.91. The lowest BCUT2D eigenvalue weighted by Crippen LogP contribution is -2.02. The van der Waals surface area contributed by atoms with Crippen molar-refractivity contribution in [1.82, 2.24) is 0 Å². The van der Waals surface area contributed by atoms with Gasteiger partial charge < -0.3 is 9.84 Å². The number of aryl methyl sites for hydroxylation is 1. The summed E-state index contributed by atoms with van der Waals surface area (Å²) in [6, 6.07) is 11.7. The molecule has 0 saturated heterocycles. The van der Waals surface area contributed by atoms with Gasteiger partial charge in [0.15, 0.2) is 0 Å². The number of aliphatic hydroxyl groups is 1. The largest absolute Gasteiger partial charge is 0.493 e. The lowest BCUT2D eigenvalue weighted by Gasteiger charge is -2.16. The molecule has 1 atom stereocenters. The molecule has 2 aromatic rings. The molecule has 0 spiro atoms. The van der Waals surface area contributed by atoms with E-state index in [0.717, 1.165) is 35.3 Å². The van der Waals surface area contributed by atoms with E-state index in [1.165, 1.54) is 5.56 Å². The van der Waals surface area contributed by atoms with Crippen LogP contribution in [0.15, 0.2) is 36.4 Å². The third-order valence-corrected chi connectivity index (χ3v) is 3.99. The van der Waals surface area contributed by atoms with Crippen molar-refractivity contribution >= 4 is 11.6 Å². The molecule has 2 nitrogen and oxygen atoms in total. The van der Waals surface area contributed by atoms with Crippen LogP contribution >= 0.6 is 11.6 Å². The number of hydrogen-bond donors (Lipinski definition) is 1. The average molecular weight is 289 g/mol. The zero-order chi connectivity index (χ0) is 14.1. The summed E-state index contributed by atoms with van der Waals surface area (Å²) in [6.07, 6.45) is 1.14. The highest BCUT2D eigenvalue weighted by Gasteiger charge is 2.23. The van der Waals surface area contributed by atoms with Crippen molar-refractivity contribution in [2.24, 2.45) is 0 Å². The summed E-state index contributed by atoms with van der Waals surface area (Å²) in [7, 11) is 0. The standard InChI is InChI=1S/C17H17ClO2/c1-2-11-3-5-12(6-4-11)16(19)15-10-14(18)9-13-7-8-20-17(13)15/h3-6,9-10,16,19H,2,7-8H2,1H3. The lowest BCUT2D eigenvalue weighted by atomic mass is 9.97. The van der Waals surface area contributed by atoms with Gasteiger partial charge in [-0.05, 0) is 35.2 Å². The molecule has 0 aliphatic carbocycles. The fourth-order valence-corrected chi connectivity index (χ4v) is 2.87. The maximum absolute atomic E-state index is 10.6. The van der Waals surface area contributed by atoms with Gasteiger partial charge in [0.25, 0.3) is 0 Å². The normalized spacial score (nSPS) is 14.8. The van der Waals surface area contributed by atoms with E-state index in [-0.39, 0.29) is 0 Å². The minimum atomic E-state index is -0.702. The van der Waals surface area contributed by atoms with E-state index in [2.05, 4.69) is 6.92 Å². The van der Waals surface area contributed by atoms with Crippen LogP contribution in [0.1, 0.15) is 35.3 Å². The predicted octanol–water partition coefficient (Wildman–Crippen LogP) is 3.92. The van der Waals surface area contributed by atoms with Gasteiger partial charge in [-0.25, -0.2) is 0 Å². The fraction of sp³-hybridized carbons (Fsp3) is 0.294. The van der Waals surface area contributed by atoms with Crippen molar-refractivity contribution in [3.8, 4) is 5.75 Å². The quantitative estimate of drug-likeness (QED) is 0.927. The summed E-state index contributed by atoms with van der Waals surface area (Å²) in [6.45, 7) is 2.77. The zero-order valence-electron chi connectivity index (χ0n) is 11.4. The number of halogens is 1. The molecule has 0 aromatic heterocycles. The molecule has 1 N–H and O–H groups in total. The van der Waals surface area contributed by atoms with Crippen LogP contribution in [0.5, 0.6) is 5.75 Å². The highest BCUT2D eigenvalue weighted by molar-refractivity contribution is 6.30. The predicted molar refractivity (Wildman–Crippen MR) is 80.5 cm³/mol. The van der Waals surface area contributed by atoms with Crippen molar-refractivity contribution in [1.29, 1.82) is 0 Å². The van der Waals surface area contributed by atoms with Gasteiger partial charge in [0.05, 0.1) is 6.61 Å². The first-order chi connectivity index (χ1) is 9.69. The first-order valence-corrected chi connectivity index (χ1v) is 7.29. The molecule has 20 heavy (non-hydrogen) atoms. The van der Waals surface area contributed by atoms with Crippen LogP contribution in [0, 0.1) is 0 Å². The first kappa shape index (κ1) is 13.5. The second-order valence-corrected chi connectivity index (χ2v) is 5.52. The molecule has 0 fully saturated rings. The molecule has 3 rings (SSSR count). The van der Waals surface area contributed by atoms with E-state index in [1.807, 2.05) is 30.3 Å². The number of benzene rings is 2. The van der Waals surface area contributed by atoms with Crippen LogP contribution in [0.4, 0.5) is 0 Å². The van der Waals surface area contributed by atoms with Crippen molar-refractivity contribution in [2.45, 2.75) is 25.9 Å². The maximum atomic E-state index is 10.6. The Labute approximate surface area is 124 Å². The molecule has 2 aromatic carbocycles. The van der Waals surface area contributed by atoms with Gasteiger partial charge >= 0.3 is 0 Å². The molecular weight excluding hydrogens is 272 g/mol. The van der Waals surface area contributed by atoms with Crippen molar-refractivity contribution in [3.05, 3.63) is 63.7 Å². The SMILES string of the molecule is CCc1ccc(C(O)c2cc(Cl)cc3c2OCC3)cc1. The molecule has 0 amide bonds. The monoisotopic (exact) mass is 288 g/mol. The van der Waals surface area contributed by atoms with Gasteiger partial charge in [-0.1, -0.05) is 42.8 Å². The summed E-state index contributed by atoms with van der Waals surface area (Å²) in [5.74, 6) is 0.793. The third kappa shape index (κ3) is 2.41. The Hall–Kier alpha value is -1.51. The fourth-order valence-electron chi connectivity index (χ4n) is 2.62.